The Morgan fingerprint density at radius 2 is 2.12 bits per heavy atom. The number of pyridine rings is 1. The Kier molecular flexibility index (Phi) is 6.79. The summed E-state index contributed by atoms with van der Waals surface area (Å²) in [6.07, 6.45) is 4.94. The zero-order valence-electron chi connectivity index (χ0n) is 17.7. The number of nitrogens with one attached hydrogen (secondary N) is 2. The Labute approximate surface area is 183 Å². The molecule has 1 aliphatic rings. The normalized spacial score (nSPS) is 14.6. The van der Waals surface area contributed by atoms with Crippen molar-refractivity contribution in [2.45, 2.75) is 45.5 Å². The second kappa shape index (κ2) is 9.90. The predicted octanol–water partition coefficient (Wildman–Crippen LogP) is 3.57. The van der Waals surface area contributed by atoms with Crippen LogP contribution in [-0.2, 0) is 17.8 Å². The number of carbonyl (C=O) groups is 1. The summed E-state index contributed by atoms with van der Waals surface area (Å²) in [6.45, 7) is 1.22. The quantitative estimate of drug-likeness (QED) is 0.551. The molecule has 1 amide bonds. The maximum atomic E-state index is 13.1. The van der Waals surface area contributed by atoms with Crippen LogP contribution in [0.3, 0.4) is 0 Å². The third kappa shape index (κ3) is 4.96. The number of aromatic nitrogens is 3. The Balaban J connectivity index is 1.57. The van der Waals surface area contributed by atoms with Gasteiger partial charge in [0.25, 0.3) is 5.91 Å². The molecule has 10 heteroatoms. The van der Waals surface area contributed by atoms with E-state index in [1.54, 1.807) is 29.2 Å². The summed E-state index contributed by atoms with van der Waals surface area (Å²) in [7, 11) is 0. The van der Waals surface area contributed by atoms with Crippen LogP contribution in [0.4, 0.5) is 14.5 Å². The van der Waals surface area contributed by atoms with Crippen LogP contribution in [0, 0.1) is 0 Å². The molecule has 1 aliphatic heterocycles. The number of ether oxygens (including phenoxy) is 2. The number of anilines is 1. The lowest BCUT2D eigenvalue weighted by molar-refractivity contribution is -0.0498. The van der Waals surface area contributed by atoms with E-state index >= 15 is 0 Å². The standard InChI is InChI=1S/C22H25F2N5O3/c1-2-29-20-17(13-27-29)19(28-15-6-8-31-9-7-15)18(12-25-20)21(30)26-11-14-4-3-5-16(10-14)32-22(23)24/h3-5,10,12-13,15,22H,2,6-9,11H2,1H3,(H,25,28)(H,26,30). The monoisotopic (exact) mass is 445 g/mol. The van der Waals surface area contributed by atoms with Crippen LogP contribution in [0.5, 0.6) is 5.75 Å². The molecule has 0 aliphatic carbocycles. The van der Waals surface area contributed by atoms with Gasteiger partial charge in [0.05, 0.1) is 22.8 Å². The highest BCUT2D eigenvalue weighted by atomic mass is 19.3. The van der Waals surface area contributed by atoms with Crippen molar-refractivity contribution >= 4 is 22.6 Å². The number of aryl methyl sites for hydroxylation is 1. The minimum atomic E-state index is -2.90. The number of nitrogens with zero attached hydrogens (tertiary/aromatic N) is 3. The summed E-state index contributed by atoms with van der Waals surface area (Å²) in [4.78, 5) is 17.5. The van der Waals surface area contributed by atoms with Crippen molar-refractivity contribution in [2.75, 3.05) is 18.5 Å². The smallest absolute Gasteiger partial charge is 0.387 e. The van der Waals surface area contributed by atoms with Crippen LogP contribution in [0.2, 0.25) is 0 Å². The molecule has 0 saturated carbocycles. The Bertz CT molecular complexity index is 1080. The van der Waals surface area contributed by atoms with Crippen LogP contribution in [0.1, 0.15) is 35.7 Å². The zero-order valence-corrected chi connectivity index (χ0v) is 17.7. The fourth-order valence-corrected chi connectivity index (χ4v) is 3.74. The van der Waals surface area contributed by atoms with E-state index in [1.165, 1.54) is 12.1 Å². The fraction of sp³-hybridized carbons (Fsp3) is 0.409. The molecule has 8 nitrogen and oxygen atoms in total. The SMILES string of the molecule is CCn1ncc2c(NC3CCOCC3)c(C(=O)NCc3cccc(OC(F)F)c3)cnc21. The first-order valence-electron chi connectivity index (χ1n) is 10.6. The molecule has 4 rings (SSSR count). The molecule has 2 N–H and O–H groups in total. The topological polar surface area (TPSA) is 90.3 Å². The van der Waals surface area contributed by atoms with Gasteiger partial charge in [-0.05, 0) is 37.5 Å². The molecule has 32 heavy (non-hydrogen) atoms. The number of alkyl halides is 2. The van der Waals surface area contributed by atoms with Gasteiger partial charge in [0, 0.05) is 38.5 Å². The summed E-state index contributed by atoms with van der Waals surface area (Å²) < 4.78 is 36.6. The number of carbonyl (C=O) groups excluding carboxylic acids is 1. The van der Waals surface area contributed by atoms with E-state index < -0.39 is 6.61 Å². The molecule has 2 aromatic heterocycles. The van der Waals surface area contributed by atoms with E-state index in [4.69, 9.17) is 4.74 Å². The average molecular weight is 445 g/mol. The molecule has 0 unspecified atom stereocenters. The largest absolute Gasteiger partial charge is 0.435 e. The fourth-order valence-electron chi connectivity index (χ4n) is 3.74. The number of benzene rings is 1. The number of hydrogen-bond acceptors (Lipinski definition) is 6. The summed E-state index contributed by atoms with van der Waals surface area (Å²) in [5.74, 6) is -0.276. The second-order valence-electron chi connectivity index (χ2n) is 7.48. The maximum Gasteiger partial charge on any atom is 0.387 e. The van der Waals surface area contributed by atoms with Gasteiger partial charge in [-0.3, -0.25) is 4.79 Å². The molecule has 3 aromatic rings. The highest BCUT2D eigenvalue weighted by molar-refractivity contribution is 6.06. The first-order chi connectivity index (χ1) is 15.5. The van der Waals surface area contributed by atoms with E-state index in [9.17, 15) is 13.6 Å². The van der Waals surface area contributed by atoms with Crippen molar-refractivity contribution in [3.05, 3.63) is 47.8 Å². The highest BCUT2D eigenvalue weighted by Crippen LogP contribution is 2.28. The highest BCUT2D eigenvalue weighted by Gasteiger charge is 2.22. The van der Waals surface area contributed by atoms with Crippen LogP contribution < -0.4 is 15.4 Å². The number of hydrogen-bond donors (Lipinski definition) is 2. The van der Waals surface area contributed by atoms with E-state index in [0.29, 0.717) is 42.2 Å². The van der Waals surface area contributed by atoms with Gasteiger partial charge in [-0.2, -0.15) is 13.9 Å². The van der Waals surface area contributed by atoms with Crippen molar-refractivity contribution < 1.29 is 23.0 Å². The summed E-state index contributed by atoms with van der Waals surface area (Å²) in [6, 6.07) is 6.42. The van der Waals surface area contributed by atoms with E-state index in [2.05, 4.69) is 25.5 Å². The second-order valence-corrected chi connectivity index (χ2v) is 7.48. The Hall–Kier alpha value is -3.27. The molecular formula is C22H25F2N5O3. The number of halogens is 2. The van der Waals surface area contributed by atoms with Gasteiger partial charge in [-0.25, -0.2) is 9.67 Å². The summed E-state index contributed by atoms with van der Waals surface area (Å²) in [5, 5.41) is 11.5. The molecule has 0 atom stereocenters. The predicted molar refractivity (Wildman–Crippen MR) is 115 cm³/mol. The van der Waals surface area contributed by atoms with Gasteiger partial charge < -0.3 is 20.1 Å². The van der Waals surface area contributed by atoms with Gasteiger partial charge in [0.1, 0.15) is 5.75 Å². The molecule has 1 aromatic carbocycles. The lowest BCUT2D eigenvalue weighted by Crippen LogP contribution is -2.30. The van der Waals surface area contributed by atoms with Crippen LogP contribution >= 0.6 is 0 Å². The third-order valence-corrected chi connectivity index (χ3v) is 5.36. The van der Waals surface area contributed by atoms with E-state index in [-0.39, 0.29) is 24.2 Å². The lowest BCUT2D eigenvalue weighted by atomic mass is 10.1. The van der Waals surface area contributed by atoms with Crippen LogP contribution in [0.25, 0.3) is 11.0 Å². The lowest BCUT2D eigenvalue weighted by Gasteiger charge is -2.25. The minimum Gasteiger partial charge on any atom is -0.435 e. The molecular weight excluding hydrogens is 420 g/mol. The molecule has 1 saturated heterocycles. The summed E-state index contributed by atoms with van der Waals surface area (Å²) in [5.41, 5.74) is 2.44. The minimum absolute atomic E-state index is 0.0451. The van der Waals surface area contributed by atoms with E-state index in [1.807, 2.05) is 6.92 Å². The van der Waals surface area contributed by atoms with Gasteiger partial charge in [-0.1, -0.05) is 12.1 Å². The van der Waals surface area contributed by atoms with Crippen molar-refractivity contribution in [3.8, 4) is 5.75 Å². The summed E-state index contributed by atoms with van der Waals surface area (Å²) >= 11 is 0. The molecule has 0 bridgehead atoms. The van der Waals surface area contributed by atoms with Crippen molar-refractivity contribution in [3.63, 3.8) is 0 Å². The van der Waals surface area contributed by atoms with Crippen LogP contribution in [0.15, 0.2) is 36.7 Å². The number of rotatable bonds is 8. The first-order valence-corrected chi connectivity index (χ1v) is 10.6. The first kappa shape index (κ1) is 21.9. The Morgan fingerprint density at radius 1 is 1.31 bits per heavy atom. The molecule has 0 radical (unpaired) electrons. The number of amides is 1. The number of fused-ring (bicyclic) bond motifs is 1. The maximum absolute atomic E-state index is 13.1. The molecule has 0 spiro atoms. The van der Waals surface area contributed by atoms with Gasteiger partial charge >= 0.3 is 6.61 Å². The van der Waals surface area contributed by atoms with E-state index in [0.717, 1.165) is 18.2 Å². The Morgan fingerprint density at radius 3 is 2.88 bits per heavy atom. The third-order valence-electron chi connectivity index (χ3n) is 5.36. The van der Waals surface area contributed by atoms with Crippen molar-refractivity contribution in [1.29, 1.82) is 0 Å². The molecule has 3 heterocycles. The molecule has 1 fully saturated rings. The molecule has 170 valence electrons. The average Bonchev–Trinajstić information content (AvgIpc) is 3.22. The van der Waals surface area contributed by atoms with Crippen molar-refractivity contribution in [1.82, 2.24) is 20.1 Å². The van der Waals surface area contributed by atoms with Gasteiger partial charge in [0.15, 0.2) is 5.65 Å². The van der Waals surface area contributed by atoms with Gasteiger partial charge in [-0.15, -0.1) is 0 Å². The zero-order chi connectivity index (χ0) is 22.5. The van der Waals surface area contributed by atoms with Crippen LogP contribution in [-0.4, -0.2) is 46.5 Å². The van der Waals surface area contributed by atoms with Crippen molar-refractivity contribution in [2.24, 2.45) is 0 Å². The van der Waals surface area contributed by atoms with Gasteiger partial charge in [0.2, 0.25) is 0 Å².